The molecule has 1 aromatic carbocycles. The van der Waals surface area contributed by atoms with E-state index in [0.29, 0.717) is 22.9 Å². The molecule has 0 fully saturated rings. The van der Waals surface area contributed by atoms with E-state index in [0.717, 1.165) is 0 Å². The minimum Gasteiger partial charge on any atom is -0.497 e. The van der Waals surface area contributed by atoms with Gasteiger partial charge in [0.1, 0.15) is 28.8 Å². The Morgan fingerprint density at radius 3 is 2.61 bits per heavy atom. The second-order valence-electron chi connectivity index (χ2n) is 3.57. The predicted octanol–water partition coefficient (Wildman–Crippen LogP) is 2.17. The predicted molar refractivity (Wildman–Crippen MR) is 68.3 cm³/mol. The molecule has 0 radical (unpaired) electrons. The van der Waals surface area contributed by atoms with Gasteiger partial charge in [-0.1, -0.05) is 6.07 Å². The lowest BCUT2D eigenvalue weighted by atomic mass is 10.3. The molecule has 0 unspecified atom stereocenters. The average Bonchev–Trinajstić information content (AvgIpc) is 2.39. The molecule has 0 bridgehead atoms. The fourth-order valence-corrected chi connectivity index (χ4v) is 1.42. The number of pyridine rings is 1. The van der Waals surface area contributed by atoms with E-state index >= 15 is 0 Å². The maximum Gasteiger partial charge on any atom is 0.141 e. The number of nitrogens with zero attached hydrogens (tertiary/aromatic N) is 1. The summed E-state index contributed by atoms with van der Waals surface area (Å²) in [7, 11) is 1.60. The zero-order valence-corrected chi connectivity index (χ0v) is 9.88. The van der Waals surface area contributed by atoms with Gasteiger partial charge in [0.05, 0.1) is 7.11 Å². The molecule has 0 saturated heterocycles. The van der Waals surface area contributed by atoms with E-state index in [1.54, 1.807) is 31.5 Å². The first-order chi connectivity index (χ1) is 8.69. The molecule has 1 heterocycles. The van der Waals surface area contributed by atoms with Gasteiger partial charge in [-0.3, -0.25) is 10.4 Å². The summed E-state index contributed by atoms with van der Waals surface area (Å²) < 4.78 is 10.7. The second-order valence-corrected chi connectivity index (χ2v) is 3.57. The van der Waals surface area contributed by atoms with Crippen molar-refractivity contribution >= 4 is 5.84 Å². The lowest BCUT2D eigenvalue weighted by molar-refractivity contribution is 0.409. The molecular weight excluding hydrogens is 230 g/mol. The second kappa shape index (κ2) is 5.18. The Balaban J connectivity index is 2.22. The van der Waals surface area contributed by atoms with Crippen molar-refractivity contribution in [1.82, 2.24) is 4.98 Å². The smallest absolute Gasteiger partial charge is 0.141 e. The summed E-state index contributed by atoms with van der Waals surface area (Å²) in [5, 5.41) is 7.32. The number of amidine groups is 1. The van der Waals surface area contributed by atoms with Crippen LogP contribution < -0.4 is 15.2 Å². The number of nitrogens with one attached hydrogen (secondary N) is 1. The summed E-state index contributed by atoms with van der Waals surface area (Å²) in [6, 6.07) is 10.6. The van der Waals surface area contributed by atoms with Crippen LogP contribution in [0.2, 0.25) is 0 Å². The van der Waals surface area contributed by atoms with Crippen LogP contribution in [0.4, 0.5) is 0 Å². The summed E-state index contributed by atoms with van der Waals surface area (Å²) >= 11 is 0. The molecule has 0 aliphatic rings. The van der Waals surface area contributed by atoms with Gasteiger partial charge in [0.15, 0.2) is 0 Å². The van der Waals surface area contributed by atoms with Crippen molar-refractivity contribution in [2.45, 2.75) is 0 Å². The Labute approximate surface area is 105 Å². The molecule has 3 N–H and O–H groups in total. The van der Waals surface area contributed by atoms with Crippen LogP contribution in [0.15, 0.2) is 42.6 Å². The quantitative estimate of drug-likeness (QED) is 0.637. The number of hydrogen-bond acceptors (Lipinski definition) is 4. The molecule has 5 nitrogen and oxygen atoms in total. The van der Waals surface area contributed by atoms with Gasteiger partial charge < -0.3 is 15.2 Å². The van der Waals surface area contributed by atoms with Crippen LogP contribution in [0.3, 0.4) is 0 Å². The topological polar surface area (TPSA) is 81.2 Å². The third-order valence-electron chi connectivity index (χ3n) is 2.28. The molecule has 2 rings (SSSR count). The van der Waals surface area contributed by atoms with E-state index in [1.807, 2.05) is 18.2 Å². The zero-order chi connectivity index (χ0) is 13.0. The van der Waals surface area contributed by atoms with E-state index in [-0.39, 0.29) is 5.84 Å². The van der Waals surface area contributed by atoms with E-state index < -0.39 is 0 Å². The van der Waals surface area contributed by atoms with Crippen LogP contribution in [0.25, 0.3) is 0 Å². The van der Waals surface area contributed by atoms with Crippen molar-refractivity contribution in [3.63, 3.8) is 0 Å². The molecule has 0 atom stereocenters. The number of benzene rings is 1. The first-order valence-electron chi connectivity index (χ1n) is 5.31. The number of hydrogen-bond donors (Lipinski definition) is 2. The summed E-state index contributed by atoms with van der Waals surface area (Å²) in [6.07, 6.45) is 1.55. The van der Waals surface area contributed by atoms with Crippen LogP contribution in [0.1, 0.15) is 5.69 Å². The Kier molecular flexibility index (Phi) is 3.43. The van der Waals surface area contributed by atoms with Crippen molar-refractivity contribution in [2.24, 2.45) is 5.73 Å². The Bertz CT molecular complexity index is 570. The normalized spacial score (nSPS) is 9.83. The zero-order valence-electron chi connectivity index (χ0n) is 9.88. The average molecular weight is 243 g/mol. The number of methoxy groups -OCH3 is 1. The van der Waals surface area contributed by atoms with Crippen LogP contribution in [0, 0.1) is 5.41 Å². The Hall–Kier alpha value is -2.56. The number of nitrogen functional groups attached to an aromatic ring is 1. The fourth-order valence-electron chi connectivity index (χ4n) is 1.42. The molecule has 5 heteroatoms. The van der Waals surface area contributed by atoms with Gasteiger partial charge in [-0.2, -0.15) is 0 Å². The van der Waals surface area contributed by atoms with E-state index in [4.69, 9.17) is 20.6 Å². The molecule has 0 aliphatic heterocycles. The van der Waals surface area contributed by atoms with Gasteiger partial charge in [-0.25, -0.2) is 0 Å². The highest BCUT2D eigenvalue weighted by Crippen LogP contribution is 2.24. The summed E-state index contributed by atoms with van der Waals surface area (Å²) in [4.78, 5) is 3.96. The maximum atomic E-state index is 7.32. The summed E-state index contributed by atoms with van der Waals surface area (Å²) in [6.45, 7) is 0. The van der Waals surface area contributed by atoms with Crippen molar-refractivity contribution < 1.29 is 9.47 Å². The van der Waals surface area contributed by atoms with Crippen LogP contribution >= 0.6 is 0 Å². The largest absolute Gasteiger partial charge is 0.497 e. The SMILES string of the molecule is COc1cccc(Oc2ccnc(C(=N)N)c2)c1. The molecule has 0 aliphatic carbocycles. The van der Waals surface area contributed by atoms with Crippen molar-refractivity contribution in [3.8, 4) is 17.2 Å². The Morgan fingerprint density at radius 1 is 1.17 bits per heavy atom. The molecule has 0 amide bonds. The van der Waals surface area contributed by atoms with E-state index in [9.17, 15) is 0 Å². The standard InChI is InChI=1S/C13H13N3O2/c1-17-9-3-2-4-10(7-9)18-11-5-6-16-12(8-11)13(14)15/h2-8H,1H3,(H3,14,15). The molecule has 0 saturated carbocycles. The lowest BCUT2D eigenvalue weighted by Crippen LogP contribution is -2.12. The minimum atomic E-state index is -0.0916. The molecule has 92 valence electrons. The summed E-state index contributed by atoms with van der Waals surface area (Å²) in [5.41, 5.74) is 5.75. The van der Waals surface area contributed by atoms with Gasteiger partial charge in [-0.05, 0) is 18.2 Å². The van der Waals surface area contributed by atoms with Crippen LogP contribution in [0.5, 0.6) is 17.2 Å². The van der Waals surface area contributed by atoms with E-state index in [1.165, 1.54) is 0 Å². The van der Waals surface area contributed by atoms with Crippen molar-refractivity contribution in [1.29, 1.82) is 5.41 Å². The molecule has 1 aromatic heterocycles. The van der Waals surface area contributed by atoms with Gasteiger partial charge in [0.2, 0.25) is 0 Å². The van der Waals surface area contributed by atoms with E-state index in [2.05, 4.69) is 4.98 Å². The van der Waals surface area contributed by atoms with Crippen molar-refractivity contribution in [3.05, 3.63) is 48.3 Å². The van der Waals surface area contributed by atoms with Gasteiger partial charge in [0, 0.05) is 18.3 Å². The lowest BCUT2D eigenvalue weighted by Gasteiger charge is -2.07. The monoisotopic (exact) mass is 243 g/mol. The Morgan fingerprint density at radius 2 is 1.89 bits per heavy atom. The van der Waals surface area contributed by atoms with Crippen LogP contribution in [-0.4, -0.2) is 17.9 Å². The van der Waals surface area contributed by atoms with Crippen LogP contribution in [-0.2, 0) is 0 Å². The maximum absolute atomic E-state index is 7.32. The minimum absolute atomic E-state index is 0.0916. The third kappa shape index (κ3) is 2.76. The molecule has 2 aromatic rings. The first-order valence-corrected chi connectivity index (χ1v) is 5.31. The third-order valence-corrected chi connectivity index (χ3v) is 2.28. The molecular formula is C13H13N3O2. The van der Waals surface area contributed by atoms with Gasteiger partial charge in [-0.15, -0.1) is 0 Å². The number of rotatable bonds is 4. The van der Waals surface area contributed by atoms with Gasteiger partial charge in [0.25, 0.3) is 0 Å². The highest BCUT2D eigenvalue weighted by molar-refractivity contribution is 5.93. The highest BCUT2D eigenvalue weighted by Gasteiger charge is 2.03. The number of ether oxygens (including phenoxy) is 2. The highest BCUT2D eigenvalue weighted by atomic mass is 16.5. The first kappa shape index (κ1) is 11.9. The van der Waals surface area contributed by atoms with Crippen molar-refractivity contribution in [2.75, 3.05) is 7.11 Å². The fraction of sp³-hybridized carbons (Fsp3) is 0.0769. The van der Waals surface area contributed by atoms with Gasteiger partial charge >= 0.3 is 0 Å². The number of nitrogens with two attached hydrogens (primary N) is 1. The number of aromatic nitrogens is 1. The molecule has 0 spiro atoms. The molecule has 18 heavy (non-hydrogen) atoms. The summed E-state index contributed by atoms with van der Waals surface area (Å²) in [5.74, 6) is 1.85.